The molecular formula is C16H20N4O3S. The van der Waals surface area contributed by atoms with Crippen LogP contribution in [0.2, 0.25) is 0 Å². The van der Waals surface area contributed by atoms with E-state index in [-0.39, 0.29) is 22.2 Å². The van der Waals surface area contributed by atoms with Crippen LogP contribution in [0.1, 0.15) is 32.1 Å². The van der Waals surface area contributed by atoms with Gasteiger partial charge in [0, 0.05) is 26.8 Å². The lowest BCUT2D eigenvalue weighted by Crippen LogP contribution is -2.26. The number of methoxy groups -OCH3 is 1. The molecule has 0 bridgehead atoms. The van der Waals surface area contributed by atoms with E-state index in [9.17, 15) is 9.59 Å². The van der Waals surface area contributed by atoms with Gasteiger partial charge in [-0.05, 0) is 23.5 Å². The van der Waals surface area contributed by atoms with Crippen LogP contribution >= 0.6 is 11.5 Å². The van der Waals surface area contributed by atoms with E-state index >= 15 is 0 Å². The Hall–Kier alpha value is -2.45. The van der Waals surface area contributed by atoms with Crippen LogP contribution in [-0.2, 0) is 11.3 Å². The molecule has 1 aromatic carbocycles. The fourth-order valence-electron chi connectivity index (χ4n) is 1.99. The molecular weight excluding hydrogens is 328 g/mol. The third-order valence-corrected chi connectivity index (χ3v) is 4.12. The molecule has 1 aromatic heterocycles. The number of carbonyl (C=O) groups is 2. The van der Waals surface area contributed by atoms with Crippen LogP contribution in [0, 0.1) is 0 Å². The number of nitrogen functional groups attached to an aromatic ring is 1. The van der Waals surface area contributed by atoms with Gasteiger partial charge < -0.3 is 21.1 Å². The minimum absolute atomic E-state index is 0.0815. The summed E-state index contributed by atoms with van der Waals surface area (Å²) in [7, 11) is 1.60. The zero-order chi connectivity index (χ0) is 17.4. The van der Waals surface area contributed by atoms with E-state index in [0.29, 0.717) is 26.1 Å². The number of nitrogens with zero attached hydrogens (tertiary/aromatic N) is 1. The normalized spacial score (nSPS) is 10.4. The number of hydrogen-bond donors (Lipinski definition) is 3. The van der Waals surface area contributed by atoms with E-state index in [1.54, 1.807) is 7.11 Å². The van der Waals surface area contributed by atoms with Crippen LogP contribution in [0.4, 0.5) is 5.69 Å². The summed E-state index contributed by atoms with van der Waals surface area (Å²) in [6, 6.07) is 9.50. The summed E-state index contributed by atoms with van der Waals surface area (Å²) in [6.07, 6.45) is 0.700. The van der Waals surface area contributed by atoms with Crippen molar-refractivity contribution in [3.05, 3.63) is 46.5 Å². The third-order valence-electron chi connectivity index (χ3n) is 3.26. The van der Waals surface area contributed by atoms with Crippen LogP contribution in [-0.4, -0.2) is 36.4 Å². The molecule has 0 aliphatic carbocycles. The maximum atomic E-state index is 12.2. The summed E-state index contributed by atoms with van der Waals surface area (Å²) >= 11 is 0.919. The lowest BCUT2D eigenvalue weighted by molar-refractivity contribution is 0.0946. The van der Waals surface area contributed by atoms with Crippen LogP contribution in [0.25, 0.3) is 0 Å². The fraction of sp³-hybridized carbons (Fsp3) is 0.312. The van der Waals surface area contributed by atoms with Crippen LogP contribution < -0.4 is 16.4 Å². The standard InChI is InChI=1S/C16H20N4O3S/c1-23-9-5-8-18-16(22)14-12(17)13(20-24-14)15(21)19-10-11-6-3-2-4-7-11/h2-4,6-7H,5,8-10,17H2,1H3,(H,18,22)(H,19,21). The molecule has 8 heteroatoms. The van der Waals surface area contributed by atoms with Gasteiger partial charge in [0.25, 0.3) is 11.8 Å². The predicted molar refractivity (Wildman–Crippen MR) is 93.0 cm³/mol. The number of ether oxygens (including phenoxy) is 1. The largest absolute Gasteiger partial charge is 0.395 e. The Morgan fingerprint density at radius 1 is 1.21 bits per heavy atom. The van der Waals surface area contributed by atoms with Gasteiger partial charge in [0.2, 0.25) is 0 Å². The van der Waals surface area contributed by atoms with E-state index in [2.05, 4.69) is 15.0 Å². The zero-order valence-electron chi connectivity index (χ0n) is 13.4. The second kappa shape index (κ2) is 8.99. The predicted octanol–water partition coefficient (Wildman–Crippen LogP) is 1.42. The third kappa shape index (κ3) is 4.77. The Morgan fingerprint density at radius 3 is 2.67 bits per heavy atom. The zero-order valence-corrected chi connectivity index (χ0v) is 14.2. The van der Waals surface area contributed by atoms with Gasteiger partial charge in [-0.1, -0.05) is 30.3 Å². The van der Waals surface area contributed by atoms with Gasteiger partial charge in [0.1, 0.15) is 4.88 Å². The minimum atomic E-state index is -0.397. The average molecular weight is 348 g/mol. The summed E-state index contributed by atoms with van der Waals surface area (Å²) < 4.78 is 8.93. The molecule has 0 saturated carbocycles. The molecule has 2 amide bonds. The quantitative estimate of drug-likeness (QED) is 0.626. The monoisotopic (exact) mass is 348 g/mol. The molecule has 4 N–H and O–H groups in total. The van der Waals surface area contributed by atoms with Gasteiger partial charge in [-0.2, -0.15) is 4.37 Å². The summed E-state index contributed by atoms with van der Waals surface area (Å²) in [5.74, 6) is -0.728. The number of anilines is 1. The lowest BCUT2D eigenvalue weighted by Gasteiger charge is -2.05. The number of benzene rings is 1. The first-order valence-corrected chi connectivity index (χ1v) is 8.25. The molecule has 0 radical (unpaired) electrons. The van der Waals surface area contributed by atoms with Crippen molar-refractivity contribution in [2.45, 2.75) is 13.0 Å². The maximum absolute atomic E-state index is 12.2. The maximum Gasteiger partial charge on any atom is 0.273 e. The molecule has 7 nitrogen and oxygen atoms in total. The molecule has 2 rings (SSSR count). The van der Waals surface area contributed by atoms with Crippen LogP contribution in [0.3, 0.4) is 0 Å². The number of nitrogens with two attached hydrogens (primary N) is 1. The summed E-state index contributed by atoms with van der Waals surface area (Å²) in [6.45, 7) is 1.40. The van der Waals surface area contributed by atoms with Crippen molar-refractivity contribution in [3.63, 3.8) is 0 Å². The Morgan fingerprint density at radius 2 is 1.96 bits per heavy atom. The molecule has 0 unspecified atom stereocenters. The molecule has 1 heterocycles. The molecule has 0 saturated heterocycles. The molecule has 0 atom stereocenters. The van der Waals surface area contributed by atoms with Crippen molar-refractivity contribution in [1.29, 1.82) is 0 Å². The molecule has 2 aromatic rings. The highest BCUT2D eigenvalue weighted by Crippen LogP contribution is 2.21. The Bertz CT molecular complexity index is 688. The first kappa shape index (κ1) is 17.9. The topological polar surface area (TPSA) is 106 Å². The highest BCUT2D eigenvalue weighted by atomic mass is 32.1. The van der Waals surface area contributed by atoms with E-state index in [0.717, 1.165) is 17.1 Å². The summed E-state index contributed by atoms with van der Waals surface area (Å²) in [5, 5.41) is 5.47. The number of hydrogen-bond acceptors (Lipinski definition) is 6. The Balaban J connectivity index is 1.93. The summed E-state index contributed by atoms with van der Waals surface area (Å²) in [5.41, 5.74) is 7.06. The van der Waals surface area contributed by atoms with Gasteiger partial charge in [-0.25, -0.2) is 0 Å². The van der Waals surface area contributed by atoms with Crippen LogP contribution in [0.15, 0.2) is 30.3 Å². The lowest BCUT2D eigenvalue weighted by atomic mass is 10.2. The van der Waals surface area contributed by atoms with Gasteiger partial charge in [-0.15, -0.1) is 0 Å². The second-order valence-corrected chi connectivity index (χ2v) is 5.82. The highest BCUT2D eigenvalue weighted by Gasteiger charge is 2.21. The molecule has 128 valence electrons. The van der Waals surface area contributed by atoms with Crippen molar-refractivity contribution in [2.24, 2.45) is 0 Å². The molecule has 24 heavy (non-hydrogen) atoms. The number of carbonyl (C=O) groups excluding carboxylic acids is 2. The van der Waals surface area contributed by atoms with Crippen LogP contribution in [0.5, 0.6) is 0 Å². The highest BCUT2D eigenvalue weighted by molar-refractivity contribution is 7.09. The Labute approximate surface area is 144 Å². The van der Waals surface area contributed by atoms with Crippen molar-refractivity contribution in [3.8, 4) is 0 Å². The first-order valence-electron chi connectivity index (χ1n) is 7.48. The number of rotatable bonds is 8. The minimum Gasteiger partial charge on any atom is -0.395 e. The number of aromatic nitrogens is 1. The van der Waals surface area contributed by atoms with E-state index in [1.165, 1.54) is 0 Å². The van der Waals surface area contributed by atoms with Gasteiger partial charge in [-0.3, -0.25) is 9.59 Å². The molecule has 0 aliphatic heterocycles. The Kier molecular flexibility index (Phi) is 6.71. The van der Waals surface area contributed by atoms with Crippen molar-refractivity contribution < 1.29 is 14.3 Å². The molecule has 0 aliphatic rings. The average Bonchev–Trinajstić information content (AvgIpc) is 2.99. The van der Waals surface area contributed by atoms with E-state index in [4.69, 9.17) is 10.5 Å². The van der Waals surface area contributed by atoms with Gasteiger partial charge in [0.05, 0.1) is 5.69 Å². The molecule has 0 spiro atoms. The number of amides is 2. The second-order valence-electron chi connectivity index (χ2n) is 5.04. The van der Waals surface area contributed by atoms with Crippen molar-refractivity contribution in [1.82, 2.24) is 15.0 Å². The van der Waals surface area contributed by atoms with E-state index in [1.807, 2.05) is 30.3 Å². The smallest absolute Gasteiger partial charge is 0.273 e. The summed E-state index contributed by atoms with van der Waals surface area (Å²) in [4.78, 5) is 24.5. The first-order chi connectivity index (χ1) is 11.6. The van der Waals surface area contributed by atoms with Crippen molar-refractivity contribution in [2.75, 3.05) is 26.0 Å². The SMILES string of the molecule is COCCCNC(=O)c1snc(C(=O)NCc2ccccc2)c1N. The van der Waals surface area contributed by atoms with Gasteiger partial charge in [0.15, 0.2) is 5.69 Å². The number of nitrogens with one attached hydrogen (secondary N) is 2. The van der Waals surface area contributed by atoms with E-state index < -0.39 is 5.91 Å². The molecule has 0 fully saturated rings. The van der Waals surface area contributed by atoms with Gasteiger partial charge >= 0.3 is 0 Å². The van der Waals surface area contributed by atoms with Crippen molar-refractivity contribution >= 4 is 29.0 Å². The fourth-order valence-corrected chi connectivity index (χ4v) is 2.70.